The Morgan fingerprint density at radius 2 is 1.22 bits per heavy atom. The lowest BCUT2D eigenvalue weighted by molar-refractivity contribution is -0.142. The highest BCUT2D eigenvalue weighted by Gasteiger charge is 2.31. The summed E-state index contributed by atoms with van der Waals surface area (Å²) in [5.74, 6) is -4.50. The fourth-order valence-electron chi connectivity index (χ4n) is 4.66. The summed E-state index contributed by atoms with van der Waals surface area (Å²) in [4.78, 5) is 68.7. The molecule has 0 fully saturated rings. The van der Waals surface area contributed by atoms with Gasteiger partial charge in [-0.3, -0.25) is 19.2 Å². The molecule has 13 heteroatoms. The van der Waals surface area contributed by atoms with E-state index >= 15 is 0 Å². The van der Waals surface area contributed by atoms with Gasteiger partial charge in [0.2, 0.25) is 23.6 Å². The number of carbonyl (C=O) groups is 5. The summed E-state index contributed by atoms with van der Waals surface area (Å²) in [6.07, 6.45) is 2.75. The molecule has 0 spiro atoms. The van der Waals surface area contributed by atoms with Crippen molar-refractivity contribution in [3.05, 3.63) is 72.1 Å². The van der Waals surface area contributed by atoms with Gasteiger partial charge in [0.25, 0.3) is 0 Å². The summed E-state index contributed by atoms with van der Waals surface area (Å²) in [6.45, 7) is -0.378. The van der Waals surface area contributed by atoms with Crippen molar-refractivity contribution in [1.82, 2.24) is 25.9 Å². The maximum absolute atomic E-state index is 13.3. The Bertz CT molecular complexity index is 1590. The second kappa shape index (κ2) is 12.8. The molecule has 0 saturated carbocycles. The van der Waals surface area contributed by atoms with E-state index in [1.807, 2.05) is 48.5 Å². The van der Waals surface area contributed by atoms with Crippen LogP contribution in [-0.4, -0.2) is 69.3 Å². The number of carboxylic acids is 1. The van der Waals surface area contributed by atoms with Gasteiger partial charge in [0, 0.05) is 47.0 Å². The standard InChI is InChI=1S/C28H31N7O6/c29-12-25(37)33-21(9-15-13-31-19-7-3-1-5-17(15)19)26(38)34-22(11-24(30)36)27(39)35-23(28(40)41)10-16-14-32-20-8-4-2-6-18(16)20/h1-8,13-14,21-23,31-32H,9-12,29H2,(H2,30,36)(H,33,37)(H,34,38)(H,35,39)(H,40,41). The molecule has 4 rings (SSSR count). The number of H-pyrrole nitrogens is 2. The average molecular weight is 562 g/mol. The number of hydrogen-bond acceptors (Lipinski definition) is 6. The van der Waals surface area contributed by atoms with Gasteiger partial charge in [-0.1, -0.05) is 36.4 Å². The lowest BCUT2D eigenvalue weighted by Crippen LogP contribution is -2.57. The lowest BCUT2D eigenvalue weighted by Gasteiger charge is -2.24. The SMILES string of the molecule is NCC(=O)NC(Cc1c[nH]c2ccccc12)C(=O)NC(CC(N)=O)C(=O)NC(Cc1c[nH]c2ccccc12)C(=O)O. The second-order valence-electron chi connectivity index (χ2n) is 9.58. The minimum absolute atomic E-state index is 0.0464. The fraction of sp³-hybridized carbons (Fsp3) is 0.250. The Kier molecular flexibility index (Phi) is 8.99. The highest BCUT2D eigenvalue weighted by Crippen LogP contribution is 2.20. The molecule has 2 aromatic heterocycles. The largest absolute Gasteiger partial charge is 0.480 e. The molecule has 41 heavy (non-hydrogen) atoms. The summed E-state index contributed by atoms with van der Waals surface area (Å²) < 4.78 is 0. The smallest absolute Gasteiger partial charge is 0.326 e. The Balaban J connectivity index is 1.52. The number of nitrogens with two attached hydrogens (primary N) is 2. The Morgan fingerprint density at radius 3 is 1.73 bits per heavy atom. The van der Waals surface area contributed by atoms with Crippen LogP contribution in [0.5, 0.6) is 0 Å². The van der Waals surface area contributed by atoms with Gasteiger partial charge in [-0.25, -0.2) is 4.79 Å². The molecule has 0 radical (unpaired) electrons. The first-order valence-electron chi connectivity index (χ1n) is 12.9. The Hall–Kier alpha value is -5.17. The van der Waals surface area contributed by atoms with Gasteiger partial charge in [-0.2, -0.15) is 0 Å². The van der Waals surface area contributed by atoms with Crippen molar-refractivity contribution >= 4 is 51.4 Å². The maximum Gasteiger partial charge on any atom is 0.326 e. The van der Waals surface area contributed by atoms with E-state index in [-0.39, 0.29) is 19.4 Å². The van der Waals surface area contributed by atoms with Crippen molar-refractivity contribution in [2.45, 2.75) is 37.4 Å². The summed E-state index contributed by atoms with van der Waals surface area (Å²) in [5.41, 5.74) is 13.8. The number of carboxylic acid groups (broad SMARTS) is 1. The Labute approximate surface area is 234 Å². The molecular weight excluding hydrogens is 530 g/mol. The summed E-state index contributed by atoms with van der Waals surface area (Å²) in [5, 5.41) is 18.8. The van der Waals surface area contributed by atoms with E-state index in [4.69, 9.17) is 11.5 Å². The van der Waals surface area contributed by atoms with E-state index in [1.54, 1.807) is 12.4 Å². The minimum atomic E-state index is -1.50. The number of aromatic amines is 2. The van der Waals surface area contributed by atoms with Crippen molar-refractivity contribution in [1.29, 1.82) is 0 Å². The molecule has 0 saturated heterocycles. The number of benzene rings is 2. The average Bonchev–Trinajstić information content (AvgIpc) is 3.55. The van der Waals surface area contributed by atoms with Crippen molar-refractivity contribution in [2.75, 3.05) is 6.54 Å². The van der Waals surface area contributed by atoms with Crippen LogP contribution < -0.4 is 27.4 Å². The van der Waals surface area contributed by atoms with Gasteiger partial charge < -0.3 is 42.5 Å². The van der Waals surface area contributed by atoms with Crippen LogP contribution in [0.3, 0.4) is 0 Å². The van der Waals surface area contributed by atoms with Crippen LogP contribution in [0.2, 0.25) is 0 Å². The third-order valence-electron chi connectivity index (χ3n) is 6.69. The fourth-order valence-corrected chi connectivity index (χ4v) is 4.66. The molecule has 0 aliphatic rings. The number of hydrogen-bond donors (Lipinski definition) is 8. The van der Waals surface area contributed by atoms with E-state index in [9.17, 15) is 29.1 Å². The maximum atomic E-state index is 13.3. The number of aliphatic carboxylic acids is 1. The van der Waals surface area contributed by atoms with Crippen LogP contribution in [-0.2, 0) is 36.8 Å². The lowest BCUT2D eigenvalue weighted by atomic mass is 10.0. The van der Waals surface area contributed by atoms with E-state index in [2.05, 4.69) is 25.9 Å². The van der Waals surface area contributed by atoms with Crippen LogP contribution in [0.25, 0.3) is 21.8 Å². The van der Waals surface area contributed by atoms with Crippen LogP contribution in [0, 0.1) is 0 Å². The number of fused-ring (bicyclic) bond motifs is 2. The van der Waals surface area contributed by atoms with Crippen LogP contribution >= 0.6 is 0 Å². The number of amides is 4. The Morgan fingerprint density at radius 1 is 0.732 bits per heavy atom. The quantitative estimate of drug-likeness (QED) is 0.110. The van der Waals surface area contributed by atoms with Crippen molar-refractivity contribution in [3.8, 4) is 0 Å². The topological polar surface area (TPSA) is 225 Å². The van der Waals surface area contributed by atoms with Gasteiger partial charge in [-0.05, 0) is 23.3 Å². The molecule has 4 amide bonds. The first-order valence-corrected chi connectivity index (χ1v) is 12.9. The van der Waals surface area contributed by atoms with Gasteiger partial charge >= 0.3 is 5.97 Å². The van der Waals surface area contributed by atoms with Gasteiger partial charge in [0.05, 0.1) is 13.0 Å². The zero-order valence-electron chi connectivity index (χ0n) is 22.0. The van der Waals surface area contributed by atoms with Crippen molar-refractivity contribution < 1.29 is 29.1 Å². The van der Waals surface area contributed by atoms with Crippen LogP contribution in [0.1, 0.15) is 17.5 Å². The van der Waals surface area contributed by atoms with E-state index in [1.165, 1.54) is 0 Å². The molecule has 3 unspecified atom stereocenters. The number of nitrogens with one attached hydrogen (secondary N) is 5. The normalized spacial score (nSPS) is 13.3. The zero-order chi connectivity index (χ0) is 29.5. The number of primary amides is 1. The predicted octanol–water partition coefficient (Wildman–Crippen LogP) is -0.192. The molecular formula is C28H31N7O6. The molecule has 2 heterocycles. The summed E-state index contributed by atoms with van der Waals surface area (Å²) in [7, 11) is 0. The van der Waals surface area contributed by atoms with Crippen molar-refractivity contribution in [2.24, 2.45) is 11.5 Å². The molecule has 2 aromatic carbocycles. The predicted molar refractivity (Wildman–Crippen MR) is 150 cm³/mol. The van der Waals surface area contributed by atoms with Gasteiger partial charge in [0.1, 0.15) is 18.1 Å². The molecule has 0 aliphatic carbocycles. The molecule has 3 atom stereocenters. The van der Waals surface area contributed by atoms with Gasteiger partial charge in [0.15, 0.2) is 0 Å². The third kappa shape index (κ3) is 7.08. The monoisotopic (exact) mass is 561 g/mol. The second-order valence-corrected chi connectivity index (χ2v) is 9.58. The van der Waals surface area contributed by atoms with Crippen LogP contribution in [0.15, 0.2) is 60.9 Å². The van der Waals surface area contributed by atoms with E-state index < -0.39 is 54.1 Å². The zero-order valence-corrected chi connectivity index (χ0v) is 22.0. The first-order chi connectivity index (χ1) is 19.7. The summed E-state index contributed by atoms with van der Waals surface area (Å²) in [6, 6.07) is 10.7. The summed E-state index contributed by atoms with van der Waals surface area (Å²) >= 11 is 0. The number of carbonyl (C=O) groups excluding carboxylic acids is 4. The highest BCUT2D eigenvalue weighted by molar-refractivity contribution is 5.96. The molecule has 0 aliphatic heterocycles. The van der Waals surface area contributed by atoms with E-state index in [0.717, 1.165) is 27.4 Å². The molecule has 0 bridgehead atoms. The van der Waals surface area contributed by atoms with Crippen LogP contribution in [0.4, 0.5) is 0 Å². The molecule has 214 valence electrons. The number of aromatic nitrogens is 2. The molecule has 13 nitrogen and oxygen atoms in total. The number of para-hydroxylation sites is 2. The minimum Gasteiger partial charge on any atom is -0.480 e. The molecule has 10 N–H and O–H groups in total. The number of rotatable bonds is 13. The first kappa shape index (κ1) is 28.8. The van der Waals surface area contributed by atoms with Gasteiger partial charge in [-0.15, -0.1) is 0 Å². The highest BCUT2D eigenvalue weighted by atomic mass is 16.4. The van der Waals surface area contributed by atoms with Crippen molar-refractivity contribution in [3.63, 3.8) is 0 Å². The molecule has 4 aromatic rings. The van der Waals surface area contributed by atoms with E-state index in [0.29, 0.717) is 5.56 Å². The third-order valence-corrected chi connectivity index (χ3v) is 6.69.